The molecule has 1 amide bonds. The average molecular weight is 340 g/mol. The Kier molecular flexibility index (Phi) is 5.98. The lowest BCUT2D eigenvalue weighted by Crippen LogP contribution is -2.34. The van der Waals surface area contributed by atoms with Crippen LogP contribution in [0.2, 0.25) is 4.34 Å². The number of carbonyl (C=O) groups is 1. The van der Waals surface area contributed by atoms with Gasteiger partial charge < -0.3 is 9.64 Å². The van der Waals surface area contributed by atoms with Crippen molar-refractivity contribution in [2.24, 2.45) is 0 Å². The first-order valence-corrected chi connectivity index (χ1v) is 7.79. The van der Waals surface area contributed by atoms with E-state index < -0.39 is 0 Å². The van der Waals surface area contributed by atoms with Crippen molar-refractivity contribution in [2.75, 3.05) is 13.2 Å². The maximum absolute atomic E-state index is 12.8. The molecule has 6 heteroatoms. The SMILES string of the molecule is C=CCN(Cc1ccc(Cl)s1)C(=O)COc1ccc(F)cc1. The van der Waals surface area contributed by atoms with Gasteiger partial charge in [0.15, 0.2) is 6.61 Å². The van der Waals surface area contributed by atoms with E-state index in [0.29, 0.717) is 23.2 Å². The number of thiophene rings is 1. The van der Waals surface area contributed by atoms with Gasteiger partial charge in [0.05, 0.1) is 10.9 Å². The third kappa shape index (κ3) is 4.86. The number of hydrogen-bond acceptors (Lipinski definition) is 3. The summed E-state index contributed by atoms with van der Waals surface area (Å²) in [5, 5.41) is 0. The van der Waals surface area contributed by atoms with Crippen LogP contribution in [0.1, 0.15) is 4.88 Å². The molecule has 2 aromatic rings. The van der Waals surface area contributed by atoms with Crippen molar-refractivity contribution >= 4 is 28.8 Å². The van der Waals surface area contributed by atoms with Crippen molar-refractivity contribution in [3.05, 3.63) is 64.1 Å². The second kappa shape index (κ2) is 7.96. The van der Waals surface area contributed by atoms with Crippen LogP contribution in [-0.2, 0) is 11.3 Å². The minimum atomic E-state index is -0.346. The molecule has 0 N–H and O–H groups in total. The molecule has 0 aliphatic carbocycles. The number of benzene rings is 1. The molecule has 2 rings (SSSR count). The Morgan fingerprint density at radius 2 is 2.05 bits per heavy atom. The van der Waals surface area contributed by atoms with Gasteiger partial charge in [0.1, 0.15) is 11.6 Å². The van der Waals surface area contributed by atoms with E-state index in [1.54, 1.807) is 17.0 Å². The van der Waals surface area contributed by atoms with Crippen LogP contribution in [0.25, 0.3) is 0 Å². The predicted molar refractivity (Wildman–Crippen MR) is 86.8 cm³/mol. The van der Waals surface area contributed by atoms with E-state index in [-0.39, 0.29) is 18.3 Å². The molecular weight excluding hydrogens is 325 g/mol. The maximum Gasteiger partial charge on any atom is 0.261 e. The number of nitrogens with zero attached hydrogens (tertiary/aromatic N) is 1. The van der Waals surface area contributed by atoms with Gasteiger partial charge in [-0.3, -0.25) is 4.79 Å². The van der Waals surface area contributed by atoms with E-state index >= 15 is 0 Å². The van der Waals surface area contributed by atoms with E-state index in [1.165, 1.54) is 35.6 Å². The average Bonchev–Trinajstić information content (AvgIpc) is 2.91. The van der Waals surface area contributed by atoms with Crippen molar-refractivity contribution in [3.63, 3.8) is 0 Å². The molecule has 0 spiro atoms. The molecule has 22 heavy (non-hydrogen) atoms. The third-order valence-electron chi connectivity index (χ3n) is 2.85. The molecule has 0 unspecified atom stereocenters. The van der Waals surface area contributed by atoms with E-state index in [0.717, 1.165) is 4.88 Å². The fourth-order valence-electron chi connectivity index (χ4n) is 1.80. The zero-order valence-corrected chi connectivity index (χ0v) is 13.4. The summed E-state index contributed by atoms with van der Waals surface area (Å²) in [6.07, 6.45) is 1.66. The summed E-state index contributed by atoms with van der Waals surface area (Å²) in [7, 11) is 0. The van der Waals surface area contributed by atoms with Gasteiger partial charge in [-0.05, 0) is 36.4 Å². The smallest absolute Gasteiger partial charge is 0.261 e. The Bertz CT molecular complexity index is 642. The number of rotatable bonds is 7. The second-order valence-corrected chi connectivity index (χ2v) is 6.31. The van der Waals surface area contributed by atoms with Crippen molar-refractivity contribution in [1.29, 1.82) is 0 Å². The molecule has 116 valence electrons. The number of ether oxygens (including phenoxy) is 1. The number of hydrogen-bond donors (Lipinski definition) is 0. The van der Waals surface area contributed by atoms with Crippen LogP contribution in [0.4, 0.5) is 4.39 Å². The topological polar surface area (TPSA) is 29.5 Å². The molecule has 0 radical (unpaired) electrons. The summed E-state index contributed by atoms with van der Waals surface area (Å²) in [6, 6.07) is 9.23. The molecule has 0 saturated carbocycles. The summed E-state index contributed by atoms with van der Waals surface area (Å²) < 4.78 is 18.9. The standard InChI is InChI=1S/C16H15ClFNO2S/c1-2-9-19(10-14-7-8-15(17)22-14)16(20)11-21-13-5-3-12(18)4-6-13/h2-8H,1,9-11H2. The van der Waals surface area contributed by atoms with Gasteiger partial charge in [-0.25, -0.2) is 4.39 Å². The van der Waals surface area contributed by atoms with Gasteiger partial charge in [-0.2, -0.15) is 0 Å². The molecule has 1 aromatic carbocycles. The summed E-state index contributed by atoms with van der Waals surface area (Å²) in [5.74, 6) is -0.0669. The molecule has 0 fully saturated rings. The minimum absolute atomic E-state index is 0.113. The normalized spacial score (nSPS) is 10.3. The zero-order valence-electron chi connectivity index (χ0n) is 11.8. The van der Waals surface area contributed by atoms with E-state index in [1.807, 2.05) is 6.07 Å². The number of halogens is 2. The fraction of sp³-hybridized carbons (Fsp3) is 0.188. The highest BCUT2D eigenvalue weighted by Gasteiger charge is 2.14. The maximum atomic E-state index is 12.8. The van der Waals surface area contributed by atoms with Crippen LogP contribution in [-0.4, -0.2) is 24.0 Å². The van der Waals surface area contributed by atoms with Gasteiger partial charge in [0.2, 0.25) is 0 Å². The van der Waals surface area contributed by atoms with Gasteiger partial charge in [0, 0.05) is 11.4 Å². The molecular formula is C16H15ClFNO2S. The molecule has 0 atom stereocenters. The third-order valence-corrected chi connectivity index (χ3v) is 4.07. The van der Waals surface area contributed by atoms with Gasteiger partial charge >= 0.3 is 0 Å². The van der Waals surface area contributed by atoms with Crippen LogP contribution < -0.4 is 4.74 Å². The Morgan fingerprint density at radius 3 is 2.64 bits per heavy atom. The van der Waals surface area contributed by atoms with Gasteiger partial charge in [0.25, 0.3) is 5.91 Å². The van der Waals surface area contributed by atoms with Crippen LogP contribution in [0.15, 0.2) is 49.1 Å². The summed E-state index contributed by atoms with van der Waals surface area (Å²) in [5.41, 5.74) is 0. The lowest BCUT2D eigenvalue weighted by molar-refractivity contribution is -0.133. The van der Waals surface area contributed by atoms with Gasteiger partial charge in [-0.15, -0.1) is 17.9 Å². The summed E-state index contributed by atoms with van der Waals surface area (Å²) in [4.78, 5) is 14.8. The summed E-state index contributed by atoms with van der Waals surface area (Å²) >= 11 is 7.32. The van der Waals surface area contributed by atoms with Crippen molar-refractivity contribution < 1.29 is 13.9 Å². The first-order valence-electron chi connectivity index (χ1n) is 6.59. The van der Waals surface area contributed by atoms with Crippen molar-refractivity contribution in [2.45, 2.75) is 6.54 Å². The monoisotopic (exact) mass is 339 g/mol. The Hall–Kier alpha value is -1.85. The van der Waals surface area contributed by atoms with Crippen LogP contribution in [0, 0.1) is 5.82 Å². The van der Waals surface area contributed by atoms with E-state index in [2.05, 4.69) is 6.58 Å². The van der Waals surface area contributed by atoms with E-state index in [4.69, 9.17) is 16.3 Å². The lowest BCUT2D eigenvalue weighted by atomic mass is 10.3. The highest BCUT2D eigenvalue weighted by atomic mass is 35.5. The molecule has 0 aliphatic heterocycles. The molecule has 3 nitrogen and oxygen atoms in total. The van der Waals surface area contributed by atoms with Crippen LogP contribution in [0.5, 0.6) is 5.75 Å². The van der Waals surface area contributed by atoms with Crippen molar-refractivity contribution in [1.82, 2.24) is 4.90 Å². The fourth-order valence-corrected chi connectivity index (χ4v) is 2.91. The Morgan fingerprint density at radius 1 is 1.32 bits per heavy atom. The largest absolute Gasteiger partial charge is 0.484 e. The first kappa shape index (κ1) is 16.5. The predicted octanol–water partition coefficient (Wildman–Crippen LogP) is 4.13. The number of carbonyl (C=O) groups excluding carboxylic acids is 1. The number of amides is 1. The Labute approximate surface area is 137 Å². The zero-order chi connectivity index (χ0) is 15.9. The first-order chi connectivity index (χ1) is 10.6. The quantitative estimate of drug-likeness (QED) is 0.710. The summed E-state index contributed by atoms with van der Waals surface area (Å²) in [6.45, 7) is 4.42. The van der Waals surface area contributed by atoms with Crippen molar-refractivity contribution in [3.8, 4) is 5.75 Å². The lowest BCUT2D eigenvalue weighted by Gasteiger charge is -2.20. The van der Waals surface area contributed by atoms with Crippen LogP contribution >= 0.6 is 22.9 Å². The van der Waals surface area contributed by atoms with Crippen LogP contribution in [0.3, 0.4) is 0 Å². The molecule has 0 bridgehead atoms. The Balaban J connectivity index is 1.93. The minimum Gasteiger partial charge on any atom is -0.484 e. The second-order valence-electron chi connectivity index (χ2n) is 4.51. The molecule has 1 heterocycles. The molecule has 0 saturated heterocycles. The molecule has 0 aliphatic rings. The highest BCUT2D eigenvalue weighted by Crippen LogP contribution is 2.22. The highest BCUT2D eigenvalue weighted by molar-refractivity contribution is 7.16. The van der Waals surface area contributed by atoms with Gasteiger partial charge in [-0.1, -0.05) is 17.7 Å². The van der Waals surface area contributed by atoms with E-state index in [9.17, 15) is 9.18 Å². The molecule has 1 aromatic heterocycles.